The van der Waals surface area contributed by atoms with Gasteiger partial charge in [0.25, 0.3) is 11.4 Å². The predicted octanol–water partition coefficient (Wildman–Crippen LogP) is 5.13. The highest BCUT2D eigenvalue weighted by molar-refractivity contribution is 5.92. The van der Waals surface area contributed by atoms with Crippen LogP contribution in [0.3, 0.4) is 0 Å². The van der Waals surface area contributed by atoms with Gasteiger partial charge < -0.3 is 9.26 Å². The fourth-order valence-corrected chi connectivity index (χ4v) is 3.54. The second-order valence-electron chi connectivity index (χ2n) is 7.31. The Balaban J connectivity index is 1.68. The molecule has 0 aliphatic rings. The Kier molecular flexibility index (Phi) is 5.12. The van der Waals surface area contributed by atoms with Crippen molar-refractivity contribution < 1.29 is 22.4 Å². The summed E-state index contributed by atoms with van der Waals surface area (Å²) in [5.41, 5.74) is -0.398. The molecule has 2 aromatic heterocycles. The van der Waals surface area contributed by atoms with Crippen molar-refractivity contribution in [1.29, 1.82) is 0 Å². The zero-order valence-electron chi connectivity index (χ0n) is 17.6. The lowest BCUT2D eigenvalue weighted by Crippen LogP contribution is -2.22. The van der Waals surface area contributed by atoms with Gasteiger partial charge in [-0.05, 0) is 30.3 Å². The molecule has 3 aromatic carbocycles. The lowest BCUT2D eigenvalue weighted by Gasteiger charge is -2.10. The monoisotopic (exact) mass is 464 g/mol. The highest BCUT2D eigenvalue weighted by atomic mass is 19.4. The van der Waals surface area contributed by atoms with Gasteiger partial charge in [0, 0.05) is 17.0 Å². The predicted molar refractivity (Wildman–Crippen MR) is 118 cm³/mol. The van der Waals surface area contributed by atoms with Gasteiger partial charge in [0.05, 0.1) is 23.7 Å². The maximum Gasteiger partial charge on any atom is 0.416 e. The SMILES string of the molecule is COc1cccc(-n2nc(-c3nc(-c4cccc(C(F)(F)F)c4)no3)c3ccccc3c2=O)c1. The first-order chi connectivity index (χ1) is 16.3. The van der Waals surface area contributed by atoms with Crippen molar-refractivity contribution in [3.63, 3.8) is 0 Å². The number of aromatic nitrogens is 4. The molecule has 0 spiro atoms. The van der Waals surface area contributed by atoms with E-state index in [1.54, 1.807) is 48.5 Å². The number of halogens is 3. The number of hydrogen-bond acceptors (Lipinski definition) is 6. The summed E-state index contributed by atoms with van der Waals surface area (Å²) in [6, 6.07) is 18.2. The van der Waals surface area contributed by atoms with Crippen LogP contribution >= 0.6 is 0 Å². The third kappa shape index (κ3) is 3.79. The van der Waals surface area contributed by atoms with E-state index in [0.717, 1.165) is 12.1 Å². The summed E-state index contributed by atoms with van der Waals surface area (Å²) in [6.07, 6.45) is -4.51. The van der Waals surface area contributed by atoms with Crippen molar-refractivity contribution in [2.45, 2.75) is 6.18 Å². The van der Waals surface area contributed by atoms with Crippen molar-refractivity contribution in [1.82, 2.24) is 19.9 Å². The van der Waals surface area contributed by atoms with E-state index in [0.29, 0.717) is 22.2 Å². The third-order valence-electron chi connectivity index (χ3n) is 5.18. The molecular weight excluding hydrogens is 449 g/mol. The molecule has 10 heteroatoms. The Morgan fingerprint density at radius 3 is 2.47 bits per heavy atom. The number of fused-ring (bicyclic) bond motifs is 1. The molecule has 0 aliphatic carbocycles. The molecule has 5 rings (SSSR count). The first-order valence-corrected chi connectivity index (χ1v) is 10.0. The zero-order valence-corrected chi connectivity index (χ0v) is 17.6. The van der Waals surface area contributed by atoms with Crippen LogP contribution in [0.1, 0.15) is 5.56 Å². The van der Waals surface area contributed by atoms with Gasteiger partial charge in [-0.25, -0.2) is 0 Å². The van der Waals surface area contributed by atoms with Gasteiger partial charge in [0.2, 0.25) is 5.82 Å². The number of alkyl halides is 3. The average molecular weight is 464 g/mol. The zero-order chi connectivity index (χ0) is 23.9. The Morgan fingerprint density at radius 2 is 1.71 bits per heavy atom. The minimum absolute atomic E-state index is 0.0360. The van der Waals surface area contributed by atoms with Crippen LogP contribution < -0.4 is 10.3 Å². The highest BCUT2D eigenvalue weighted by Gasteiger charge is 2.31. The molecule has 0 radical (unpaired) electrons. The number of methoxy groups -OCH3 is 1. The summed E-state index contributed by atoms with van der Waals surface area (Å²) in [5.74, 6) is 0.455. The number of rotatable bonds is 4. The van der Waals surface area contributed by atoms with Crippen LogP contribution in [-0.4, -0.2) is 27.0 Å². The van der Waals surface area contributed by atoms with E-state index in [9.17, 15) is 18.0 Å². The van der Waals surface area contributed by atoms with E-state index in [1.807, 2.05) is 0 Å². The summed E-state index contributed by atoms with van der Waals surface area (Å²) in [4.78, 5) is 17.4. The minimum atomic E-state index is -4.51. The van der Waals surface area contributed by atoms with E-state index in [1.165, 1.54) is 23.9 Å². The molecule has 0 aliphatic heterocycles. The number of ether oxygens (including phenoxy) is 1. The molecule has 0 amide bonds. The van der Waals surface area contributed by atoms with Crippen LogP contribution in [0.25, 0.3) is 39.4 Å². The maximum absolute atomic E-state index is 13.2. The van der Waals surface area contributed by atoms with Crippen molar-refractivity contribution in [2.24, 2.45) is 0 Å². The first kappa shape index (κ1) is 21.4. The van der Waals surface area contributed by atoms with Gasteiger partial charge in [0.1, 0.15) is 5.75 Å². The molecule has 34 heavy (non-hydrogen) atoms. The van der Waals surface area contributed by atoms with E-state index in [4.69, 9.17) is 9.26 Å². The summed E-state index contributed by atoms with van der Waals surface area (Å²) in [7, 11) is 1.51. The molecule has 170 valence electrons. The minimum Gasteiger partial charge on any atom is -0.497 e. The van der Waals surface area contributed by atoms with Gasteiger partial charge in [0.15, 0.2) is 5.69 Å². The van der Waals surface area contributed by atoms with E-state index < -0.39 is 11.7 Å². The molecule has 0 atom stereocenters. The Hall–Kier alpha value is -4.47. The van der Waals surface area contributed by atoms with Crippen molar-refractivity contribution in [3.8, 4) is 34.4 Å². The molecule has 0 N–H and O–H groups in total. The molecule has 5 aromatic rings. The van der Waals surface area contributed by atoms with Gasteiger partial charge in [-0.3, -0.25) is 4.79 Å². The van der Waals surface area contributed by atoms with Crippen molar-refractivity contribution >= 4 is 10.8 Å². The quantitative estimate of drug-likeness (QED) is 0.367. The first-order valence-electron chi connectivity index (χ1n) is 10.0. The fraction of sp³-hybridized carbons (Fsp3) is 0.0833. The summed E-state index contributed by atoms with van der Waals surface area (Å²) < 4.78 is 51.1. The highest BCUT2D eigenvalue weighted by Crippen LogP contribution is 2.32. The topological polar surface area (TPSA) is 83.0 Å². The van der Waals surface area contributed by atoms with Crippen LogP contribution in [-0.2, 0) is 6.18 Å². The lowest BCUT2D eigenvalue weighted by atomic mass is 10.1. The smallest absolute Gasteiger partial charge is 0.416 e. The molecule has 0 fully saturated rings. The van der Waals surface area contributed by atoms with Crippen LogP contribution in [0.4, 0.5) is 13.2 Å². The second kappa shape index (κ2) is 8.14. The van der Waals surface area contributed by atoms with Gasteiger partial charge in [-0.2, -0.15) is 27.9 Å². The molecular formula is C24H15F3N4O3. The van der Waals surface area contributed by atoms with Crippen LogP contribution in [0, 0.1) is 0 Å². The number of benzene rings is 3. The van der Waals surface area contributed by atoms with Crippen LogP contribution in [0.5, 0.6) is 5.75 Å². The van der Waals surface area contributed by atoms with E-state index >= 15 is 0 Å². The summed E-state index contributed by atoms with van der Waals surface area (Å²) >= 11 is 0. The lowest BCUT2D eigenvalue weighted by molar-refractivity contribution is -0.137. The molecule has 0 unspecified atom stereocenters. The Morgan fingerprint density at radius 1 is 0.941 bits per heavy atom. The van der Waals surface area contributed by atoms with E-state index in [2.05, 4.69) is 15.2 Å². The Labute approximate surface area is 190 Å². The third-order valence-corrected chi connectivity index (χ3v) is 5.18. The number of nitrogens with zero attached hydrogens (tertiary/aromatic N) is 4. The van der Waals surface area contributed by atoms with Crippen LogP contribution in [0.2, 0.25) is 0 Å². The largest absolute Gasteiger partial charge is 0.497 e. The van der Waals surface area contributed by atoms with Gasteiger partial charge in [-0.1, -0.05) is 41.6 Å². The van der Waals surface area contributed by atoms with Crippen molar-refractivity contribution in [3.05, 3.63) is 88.7 Å². The summed E-state index contributed by atoms with van der Waals surface area (Å²) in [5, 5.41) is 9.12. The van der Waals surface area contributed by atoms with Crippen LogP contribution in [0.15, 0.2) is 82.1 Å². The maximum atomic E-state index is 13.2. The standard InChI is InChI=1S/C24H15F3N4O3/c1-33-17-9-5-8-16(13-17)31-23(32)19-11-3-2-10-18(19)20(29-31)22-28-21(30-34-22)14-6-4-7-15(12-14)24(25,26)27/h2-13H,1H3. The van der Waals surface area contributed by atoms with Gasteiger partial charge in [-0.15, -0.1) is 0 Å². The second-order valence-corrected chi connectivity index (χ2v) is 7.31. The van der Waals surface area contributed by atoms with Gasteiger partial charge >= 0.3 is 6.18 Å². The Bertz CT molecular complexity index is 1570. The summed E-state index contributed by atoms with van der Waals surface area (Å²) in [6.45, 7) is 0. The molecule has 0 saturated carbocycles. The fourth-order valence-electron chi connectivity index (χ4n) is 3.54. The van der Waals surface area contributed by atoms with E-state index in [-0.39, 0.29) is 28.5 Å². The number of hydrogen-bond donors (Lipinski definition) is 0. The normalized spacial score (nSPS) is 11.6. The molecule has 2 heterocycles. The molecule has 0 saturated heterocycles. The van der Waals surface area contributed by atoms with Crippen molar-refractivity contribution in [2.75, 3.05) is 7.11 Å². The molecule has 7 nitrogen and oxygen atoms in total. The molecule has 0 bridgehead atoms. The average Bonchev–Trinajstić information content (AvgIpc) is 3.34.